The number of β-amino-alcohol motifs (C(OH)–C–C–N with tert-alkyl or cyclic N) is 1. The third-order valence-electron chi connectivity index (χ3n) is 4.62. The molecular weight excluding hydrogens is 272 g/mol. The van der Waals surface area contributed by atoms with E-state index >= 15 is 0 Å². The molecule has 1 unspecified atom stereocenters. The third kappa shape index (κ3) is 3.87. The second-order valence-electron chi connectivity index (χ2n) is 6.25. The van der Waals surface area contributed by atoms with Gasteiger partial charge in [0.15, 0.2) is 0 Å². The molecule has 0 radical (unpaired) electrons. The van der Waals surface area contributed by atoms with Crippen LogP contribution in [0.3, 0.4) is 0 Å². The van der Waals surface area contributed by atoms with Crippen molar-refractivity contribution in [1.29, 1.82) is 0 Å². The normalized spacial score (nSPS) is 30.3. The van der Waals surface area contributed by atoms with Crippen molar-refractivity contribution in [3.63, 3.8) is 0 Å². The molecule has 6 heteroatoms. The van der Waals surface area contributed by atoms with E-state index in [1.54, 1.807) is 4.90 Å². The van der Waals surface area contributed by atoms with Crippen LogP contribution in [0.5, 0.6) is 0 Å². The number of amides is 2. The Bertz CT molecular complexity index is 388. The van der Waals surface area contributed by atoms with Gasteiger partial charge < -0.3 is 20.0 Å². The van der Waals surface area contributed by atoms with Crippen LogP contribution in [0.15, 0.2) is 0 Å². The zero-order chi connectivity index (χ0) is 15.4. The summed E-state index contributed by atoms with van der Waals surface area (Å²) in [5.74, 6) is -0.356. The molecule has 2 heterocycles. The fourth-order valence-electron chi connectivity index (χ4n) is 3.49. The fourth-order valence-corrected chi connectivity index (χ4v) is 3.49. The first kappa shape index (κ1) is 16.1. The maximum atomic E-state index is 12.6. The van der Waals surface area contributed by atoms with Crippen LogP contribution in [0.25, 0.3) is 0 Å². The summed E-state index contributed by atoms with van der Waals surface area (Å²) in [5.41, 5.74) is 0. The summed E-state index contributed by atoms with van der Waals surface area (Å²) < 4.78 is 0. The van der Waals surface area contributed by atoms with E-state index in [-0.39, 0.29) is 19.0 Å². The molecule has 2 fully saturated rings. The van der Waals surface area contributed by atoms with Gasteiger partial charge in [-0.05, 0) is 25.2 Å². The van der Waals surface area contributed by atoms with E-state index in [9.17, 15) is 19.8 Å². The largest absolute Gasteiger partial charge is 0.480 e. The molecule has 0 saturated carbocycles. The van der Waals surface area contributed by atoms with Crippen molar-refractivity contribution in [2.24, 2.45) is 5.92 Å². The van der Waals surface area contributed by atoms with Crippen LogP contribution < -0.4 is 0 Å². The number of carboxylic acids is 1. The summed E-state index contributed by atoms with van der Waals surface area (Å²) in [6.45, 7) is 3.70. The number of nitrogens with zero attached hydrogens (tertiary/aromatic N) is 2. The lowest BCUT2D eigenvalue weighted by molar-refractivity contribution is -0.141. The molecule has 0 aromatic carbocycles. The molecule has 0 bridgehead atoms. The van der Waals surface area contributed by atoms with Crippen LogP contribution >= 0.6 is 0 Å². The smallest absolute Gasteiger partial charge is 0.326 e. The molecule has 2 aliphatic heterocycles. The lowest BCUT2D eigenvalue weighted by atomic mass is 9.96. The summed E-state index contributed by atoms with van der Waals surface area (Å²) in [4.78, 5) is 26.9. The molecule has 3 atom stereocenters. The standard InChI is InChI=1S/C15H26N2O4/c1-2-4-11-5-3-7-16(8-6-11)15(21)17-10-12(18)9-13(17)14(19)20/h11-13,18H,2-10H2,1H3,(H,19,20)/t11?,12-,13+/m1/s1. The fraction of sp³-hybridized carbons (Fsp3) is 0.867. The number of carbonyl (C=O) groups is 2. The first-order chi connectivity index (χ1) is 10.0. The number of urea groups is 1. The van der Waals surface area contributed by atoms with Crippen LogP contribution in [0.2, 0.25) is 0 Å². The van der Waals surface area contributed by atoms with E-state index in [0.29, 0.717) is 19.0 Å². The molecule has 21 heavy (non-hydrogen) atoms. The number of carboxylic acid groups (broad SMARTS) is 1. The Kier molecular flexibility index (Phi) is 5.45. The molecule has 0 aliphatic carbocycles. The number of aliphatic carboxylic acids is 1. The first-order valence-corrected chi connectivity index (χ1v) is 7.99. The number of hydrogen-bond donors (Lipinski definition) is 2. The minimum atomic E-state index is -1.03. The summed E-state index contributed by atoms with van der Waals surface area (Å²) in [6, 6.07) is -1.11. The molecule has 120 valence electrons. The zero-order valence-corrected chi connectivity index (χ0v) is 12.7. The maximum absolute atomic E-state index is 12.6. The molecular formula is C15H26N2O4. The minimum absolute atomic E-state index is 0.130. The Balaban J connectivity index is 1.97. The number of hydrogen-bond acceptors (Lipinski definition) is 3. The van der Waals surface area contributed by atoms with E-state index in [2.05, 4.69) is 6.92 Å². The van der Waals surface area contributed by atoms with Crippen molar-refractivity contribution in [2.45, 2.75) is 57.6 Å². The van der Waals surface area contributed by atoms with E-state index in [1.165, 1.54) is 11.3 Å². The van der Waals surface area contributed by atoms with Crippen LogP contribution in [0, 0.1) is 5.92 Å². The highest BCUT2D eigenvalue weighted by molar-refractivity contribution is 5.83. The molecule has 2 aliphatic rings. The van der Waals surface area contributed by atoms with Crippen LogP contribution in [-0.4, -0.2) is 63.8 Å². The molecule has 0 spiro atoms. The van der Waals surface area contributed by atoms with E-state index < -0.39 is 18.1 Å². The average Bonchev–Trinajstić information content (AvgIpc) is 2.68. The van der Waals surface area contributed by atoms with E-state index in [4.69, 9.17) is 0 Å². The van der Waals surface area contributed by atoms with Gasteiger partial charge in [0.2, 0.25) is 0 Å². The van der Waals surface area contributed by atoms with Crippen LogP contribution in [0.4, 0.5) is 4.79 Å². The number of carbonyl (C=O) groups excluding carboxylic acids is 1. The second kappa shape index (κ2) is 7.11. The number of aliphatic hydroxyl groups is 1. The predicted octanol–water partition coefficient (Wildman–Crippen LogP) is 1.53. The molecule has 2 saturated heterocycles. The predicted molar refractivity (Wildman–Crippen MR) is 78.0 cm³/mol. The lowest BCUT2D eigenvalue weighted by Gasteiger charge is -2.29. The number of likely N-dealkylation sites (tertiary alicyclic amines) is 2. The summed E-state index contributed by atoms with van der Waals surface area (Å²) >= 11 is 0. The van der Waals surface area contributed by atoms with Gasteiger partial charge in [0.05, 0.1) is 6.10 Å². The van der Waals surface area contributed by atoms with Gasteiger partial charge in [-0.25, -0.2) is 9.59 Å². The Morgan fingerprint density at radius 1 is 1.24 bits per heavy atom. The first-order valence-electron chi connectivity index (χ1n) is 7.99. The molecule has 6 nitrogen and oxygen atoms in total. The monoisotopic (exact) mass is 298 g/mol. The SMILES string of the molecule is CCCC1CCCN(C(=O)N2C[C@H](O)C[C@H]2C(=O)O)CC1. The van der Waals surface area contributed by atoms with Gasteiger partial charge in [0.25, 0.3) is 0 Å². The Morgan fingerprint density at radius 2 is 2.00 bits per heavy atom. The number of rotatable bonds is 3. The molecule has 2 amide bonds. The van der Waals surface area contributed by atoms with E-state index in [0.717, 1.165) is 25.7 Å². The zero-order valence-electron chi connectivity index (χ0n) is 12.7. The molecule has 2 rings (SSSR count). The topological polar surface area (TPSA) is 81.1 Å². The Hall–Kier alpha value is -1.30. The quantitative estimate of drug-likeness (QED) is 0.828. The van der Waals surface area contributed by atoms with Gasteiger partial charge in [-0.15, -0.1) is 0 Å². The second-order valence-corrected chi connectivity index (χ2v) is 6.25. The van der Waals surface area contributed by atoms with Crippen molar-refractivity contribution < 1.29 is 19.8 Å². The molecule has 0 aromatic heterocycles. The van der Waals surface area contributed by atoms with Gasteiger partial charge in [-0.1, -0.05) is 19.8 Å². The van der Waals surface area contributed by atoms with Crippen molar-refractivity contribution in [3.05, 3.63) is 0 Å². The Morgan fingerprint density at radius 3 is 2.67 bits per heavy atom. The average molecular weight is 298 g/mol. The van der Waals surface area contributed by atoms with Gasteiger partial charge in [0.1, 0.15) is 6.04 Å². The van der Waals surface area contributed by atoms with Crippen LogP contribution in [-0.2, 0) is 4.79 Å². The van der Waals surface area contributed by atoms with Crippen molar-refractivity contribution >= 4 is 12.0 Å². The lowest BCUT2D eigenvalue weighted by Crippen LogP contribution is -2.48. The third-order valence-corrected chi connectivity index (χ3v) is 4.62. The molecule has 2 N–H and O–H groups in total. The van der Waals surface area contributed by atoms with Crippen molar-refractivity contribution in [2.75, 3.05) is 19.6 Å². The minimum Gasteiger partial charge on any atom is -0.480 e. The van der Waals surface area contributed by atoms with Gasteiger partial charge in [-0.3, -0.25) is 0 Å². The summed E-state index contributed by atoms with van der Waals surface area (Å²) in [5, 5.41) is 18.9. The summed E-state index contributed by atoms with van der Waals surface area (Å²) in [7, 11) is 0. The maximum Gasteiger partial charge on any atom is 0.326 e. The summed E-state index contributed by atoms with van der Waals surface area (Å²) in [6.07, 6.45) is 4.88. The van der Waals surface area contributed by atoms with Gasteiger partial charge in [0, 0.05) is 26.1 Å². The van der Waals surface area contributed by atoms with Crippen molar-refractivity contribution in [3.8, 4) is 0 Å². The van der Waals surface area contributed by atoms with E-state index in [1.807, 2.05) is 0 Å². The highest BCUT2D eigenvalue weighted by Gasteiger charge is 2.40. The highest BCUT2D eigenvalue weighted by atomic mass is 16.4. The Labute approximate surface area is 125 Å². The molecule has 0 aromatic rings. The number of aliphatic hydroxyl groups excluding tert-OH is 1. The van der Waals surface area contributed by atoms with Crippen LogP contribution in [0.1, 0.15) is 45.4 Å². The van der Waals surface area contributed by atoms with Gasteiger partial charge >= 0.3 is 12.0 Å². The van der Waals surface area contributed by atoms with Gasteiger partial charge in [-0.2, -0.15) is 0 Å². The van der Waals surface area contributed by atoms with Crippen molar-refractivity contribution in [1.82, 2.24) is 9.80 Å². The highest BCUT2D eigenvalue weighted by Crippen LogP contribution is 2.25.